The van der Waals surface area contributed by atoms with Crippen LogP contribution in [-0.2, 0) is 0 Å². The van der Waals surface area contributed by atoms with E-state index in [0.717, 1.165) is 24.2 Å². The first-order valence-corrected chi connectivity index (χ1v) is 10.0. The van der Waals surface area contributed by atoms with Crippen LogP contribution in [0.1, 0.15) is 34.8 Å². The number of likely N-dealkylation sites (tertiary alicyclic amines) is 1. The van der Waals surface area contributed by atoms with Crippen LogP contribution in [0.25, 0.3) is 11.1 Å². The molecule has 142 valence electrons. The van der Waals surface area contributed by atoms with Gasteiger partial charge in [0.1, 0.15) is 0 Å². The second kappa shape index (κ2) is 8.85. The average Bonchev–Trinajstić information content (AvgIpc) is 3.30. The van der Waals surface area contributed by atoms with E-state index in [1.807, 2.05) is 48.5 Å². The van der Waals surface area contributed by atoms with Crippen molar-refractivity contribution >= 4 is 5.91 Å². The smallest absolute Gasteiger partial charge is 0.251 e. The molecule has 0 saturated carbocycles. The van der Waals surface area contributed by atoms with Crippen molar-refractivity contribution in [1.82, 2.24) is 10.2 Å². The van der Waals surface area contributed by atoms with Gasteiger partial charge in [-0.3, -0.25) is 9.69 Å². The molecule has 1 saturated heterocycles. The molecule has 3 aromatic rings. The molecule has 1 fully saturated rings. The summed E-state index contributed by atoms with van der Waals surface area (Å²) >= 11 is 0. The van der Waals surface area contributed by atoms with Gasteiger partial charge in [0.15, 0.2) is 0 Å². The van der Waals surface area contributed by atoms with Crippen LogP contribution in [0, 0.1) is 0 Å². The van der Waals surface area contributed by atoms with Gasteiger partial charge in [-0.05, 0) is 54.8 Å². The van der Waals surface area contributed by atoms with Gasteiger partial charge in [0.25, 0.3) is 5.91 Å². The van der Waals surface area contributed by atoms with Gasteiger partial charge < -0.3 is 5.32 Å². The standard InChI is InChI=1S/C25H26N2O/c28-25(23-15-13-21(14-16-23)20-9-3-1-4-10-20)26-19-24(27-17-7-8-18-27)22-11-5-2-6-12-22/h1-6,9-16,24H,7-8,17-19H2,(H,26,28). The molecule has 4 rings (SSSR count). The first-order chi connectivity index (χ1) is 13.8. The van der Waals surface area contributed by atoms with E-state index in [1.54, 1.807) is 0 Å². The predicted octanol–water partition coefficient (Wildman–Crippen LogP) is 4.92. The number of carbonyl (C=O) groups is 1. The van der Waals surface area contributed by atoms with Gasteiger partial charge in [-0.1, -0.05) is 72.8 Å². The summed E-state index contributed by atoms with van der Waals surface area (Å²) in [6, 6.07) is 28.8. The van der Waals surface area contributed by atoms with Crippen LogP contribution in [0.3, 0.4) is 0 Å². The third-order valence-electron chi connectivity index (χ3n) is 5.48. The third kappa shape index (κ3) is 4.32. The largest absolute Gasteiger partial charge is 0.350 e. The zero-order valence-corrected chi connectivity index (χ0v) is 16.1. The minimum atomic E-state index is -0.0141. The minimum Gasteiger partial charge on any atom is -0.350 e. The Labute approximate surface area is 167 Å². The molecule has 0 aliphatic carbocycles. The SMILES string of the molecule is O=C(NCC(c1ccccc1)N1CCCC1)c1ccc(-c2ccccc2)cc1. The highest BCUT2D eigenvalue weighted by molar-refractivity contribution is 5.94. The van der Waals surface area contributed by atoms with E-state index in [9.17, 15) is 4.79 Å². The van der Waals surface area contributed by atoms with Crippen molar-refractivity contribution in [2.24, 2.45) is 0 Å². The van der Waals surface area contributed by atoms with Crippen molar-refractivity contribution in [2.75, 3.05) is 19.6 Å². The van der Waals surface area contributed by atoms with Crippen LogP contribution in [-0.4, -0.2) is 30.4 Å². The maximum Gasteiger partial charge on any atom is 0.251 e. The summed E-state index contributed by atoms with van der Waals surface area (Å²) in [4.78, 5) is 15.2. The summed E-state index contributed by atoms with van der Waals surface area (Å²) in [5.41, 5.74) is 4.25. The van der Waals surface area contributed by atoms with Crippen LogP contribution in [0.4, 0.5) is 0 Å². The molecule has 1 aliphatic heterocycles. The number of hydrogen-bond donors (Lipinski definition) is 1. The third-order valence-corrected chi connectivity index (χ3v) is 5.48. The molecule has 1 N–H and O–H groups in total. The molecule has 0 spiro atoms. The van der Waals surface area contributed by atoms with Crippen LogP contribution in [0.15, 0.2) is 84.9 Å². The van der Waals surface area contributed by atoms with Crippen molar-refractivity contribution in [3.8, 4) is 11.1 Å². The Bertz CT molecular complexity index is 885. The molecule has 1 aliphatic rings. The Morgan fingerprint density at radius 3 is 2.00 bits per heavy atom. The second-order valence-corrected chi connectivity index (χ2v) is 7.32. The zero-order valence-electron chi connectivity index (χ0n) is 16.1. The van der Waals surface area contributed by atoms with Gasteiger partial charge in [0.05, 0.1) is 6.04 Å². The Balaban J connectivity index is 1.43. The molecule has 1 heterocycles. The fourth-order valence-electron chi connectivity index (χ4n) is 3.92. The highest BCUT2D eigenvalue weighted by atomic mass is 16.1. The van der Waals surface area contributed by atoms with Crippen molar-refractivity contribution in [1.29, 1.82) is 0 Å². The summed E-state index contributed by atoms with van der Waals surface area (Å²) in [7, 11) is 0. The number of hydrogen-bond acceptors (Lipinski definition) is 2. The van der Waals surface area contributed by atoms with Gasteiger partial charge >= 0.3 is 0 Å². The number of rotatable bonds is 6. The molecule has 3 heteroatoms. The fourth-order valence-corrected chi connectivity index (χ4v) is 3.92. The van der Waals surface area contributed by atoms with E-state index < -0.39 is 0 Å². The van der Waals surface area contributed by atoms with Crippen LogP contribution < -0.4 is 5.32 Å². The maximum atomic E-state index is 12.7. The van der Waals surface area contributed by atoms with Gasteiger partial charge in [0, 0.05) is 12.1 Å². The lowest BCUT2D eigenvalue weighted by atomic mass is 10.0. The summed E-state index contributed by atoms with van der Waals surface area (Å²) in [6.07, 6.45) is 2.47. The number of benzene rings is 3. The predicted molar refractivity (Wildman–Crippen MR) is 114 cm³/mol. The topological polar surface area (TPSA) is 32.3 Å². The van der Waals surface area contributed by atoms with E-state index >= 15 is 0 Å². The van der Waals surface area contributed by atoms with Crippen LogP contribution >= 0.6 is 0 Å². The van der Waals surface area contributed by atoms with E-state index in [4.69, 9.17) is 0 Å². The lowest BCUT2D eigenvalue weighted by Crippen LogP contribution is -2.36. The van der Waals surface area contributed by atoms with Gasteiger partial charge in [-0.25, -0.2) is 0 Å². The van der Waals surface area contributed by atoms with E-state index in [2.05, 4.69) is 46.6 Å². The molecular formula is C25H26N2O. The minimum absolute atomic E-state index is 0.0141. The van der Waals surface area contributed by atoms with E-state index in [1.165, 1.54) is 18.4 Å². The lowest BCUT2D eigenvalue weighted by Gasteiger charge is -2.28. The molecule has 28 heavy (non-hydrogen) atoms. The first kappa shape index (κ1) is 18.5. The van der Waals surface area contributed by atoms with Gasteiger partial charge in [-0.2, -0.15) is 0 Å². The Kier molecular flexibility index (Phi) is 5.83. The molecule has 0 radical (unpaired) electrons. The second-order valence-electron chi connectivity index (χ2n) is 7.32. The Morgan fingerprint density at radius 1 is 0.786 bits per heavy atom. The van der Waals surface area contributed by atoms with E-state index in [-0.39, 0.29) is 11.9 Å². The molecular weight excluding hydrogens is 344 g/mol. The quantitative estimate of drug-likeness (QED) is 0.668. The molecule has 3 nitrogen and oxygen atoms in total. The summed E-state index contributed by atoms with van der Waals surface area (Å²) < 4.78 is 0. The number of nitrogens with zero attached hydrogens (tertiary/aromatic N) is 1. The van der Waals surface area contributed by atoms with Crippen molar-refractivity contribution in [3.05, 3.63) is 96.1 Å². The number of nitrogens with one attached hydrogen (secondary N) is 1. The van der Waals surface area contributed by atoms with Gasteiger partial charge in [-0.15, -0.1) is 0 Å². The monoisotopic (exact) mass is 370 g/mol. The first-order valence-electron chi connectivity index (χ1n) is 10.0. The molecule has 1 unspecified atom stereocenters. The fraction of sp³-hybridized carbons (Fsp3) is 0.240. The van der Waals surface area contributed by atoms with Crippen LogP contribution in [0.2, 0.25) is 0 Å². The van der Waals surface area contributed by atoms with Gasteiger partial charge in [0.2, 0.25) is 0 Å². The van der Waals surface area contributed by atoms with Crippen molar-refractivity contribution in [2.45, 2.75) is 18.9 Å². The number of carbonyl (C=O) groups excluding carboxylic acids is 1. The Hall–Kier alpha value is -2.91. The van der Waals surface area contributed by atoms with E-state index in [0.29, 0.717) is 12.1 Å². The molecule has 0 bridgehead atoms. The normalized spacial score (nSPS) is 15.3. The highest BCUT2D eigenvalue weighted by Gasteiger charge is 2.23. The summed E-state index contributed by atoms with van der Waals surface area (Å²) in [5.74, 6) is -0.0141. The lowest BCUT2D eigenvalue weighted by molar-refractivity contribution is 0.0938. The maximum absolute atomic E-state index is 12.7. The van der Waals surface area contributed by atoms with Crippen molar-refractivity contribution < 1.29 is 4.79 Å². The zero-order chi connectivity index (χ0) is 19.2. The Morgan fingerprint density at radius 2 is 1.36 bits per heavy atom. The molecule has 1 amide bonds. The molecule has 1 atom stereocenters. The average molecular weight is 370 g/mol. The highest BCUT2D eigenvalue weighted by Crippen LogP contribution is 2.24. The number of amides is 1. The summed E-state index contributed by atoms with van der Waals surface area (Å²) in [5, 5.41) is 3.15. The summed E-state index contributed by atoms with van der Waals surface area (Å²) in [6.45, 7) is 2.83. The molecule has 3 aromatic carbocycles. The van der Waals surface area contributed by atoms with Crippen molar-refractivity contribution in [3.63, 3.8) is 0 Å². The molecule has 0 aromatic heterocycles. The van der Waals surface area contributed by atoms with Crippen LogP contribution in [0.5, 0.6) is 0 Å².